The first-order valence-corrected chi connectivity index (χ1v) is 10.3. The molecule has 8 heteroatoms. The normalized spacial score (nSPS) is 14.1. The van der Waals surface area contributed by atoms with Gasteiger partial charge in [0.05, 0.1) is 22.9 Å². The van der Waals surface area contributed by atoms with Gasteiger partial charge in [-0.2, -0.15) is 0 Å². The summed E-state index contributed by atoms with van der Waals surface area (Å²) in [7, 11) is 0. The first-order valence-electron chi connectivity index (χ1n) is 10.3. The summed E-state index contributed by atoms with van der Waals surface area (Å²) in [4.78, 5) is 22.5. The highest BCUT2D eigenvalue weighted by Crippen LogP contribution is 2.27. The van der Waals surface area contributed by atoms with Crippen molar-refractivity contribution in [2.24, 2.45) is 0 Å². The number of carbonyl (C=O) groups is 1. The van der Waals surface area contributed by atoms with Crippen LogP contribution in [0.5, 0.6) is 0 Å². The van der Waals surface area contributed by atoms with E-state index in [0.29, 0.717) is 11.4 Å². The molecular weight excluding hydrogens is 385 g/mol. The molecule has 3 heterocycles. The van der Waals surface area contributed by atoms with E-state index in [2.05, 4.69) is 21.1 Å². The molecule has 1 aliphatic heterocycles. The molecule has 4 rings (SSSR count). The van der Waals surface area contributed by atoms with Gasteiger partial charge in [0.25, 0.3) is 5.91 Å². The summed E-state index contributed by atoms with van der Waals surface area (Å²) < 4.78 is 16.1. The number of piperidine rings is 1. The van der Waals surface area contributed by atoms with Crippen LogP contribution in [-0.4, -0.2) is 34.5 Å². The van der Waals surface area contributed by atoms with Gasteiger partial charge in [-0.1, -0.05) is 19.9 Å². The molecule has 3 N–H and O–H groups in total. The summed E-state index contributed by atoms with van der Waals surface area (Å²) in [6, 6.07) is 8.39. The van der Waals surface area contributed by atoms with Crippen molar-refractivity contribution < 1.29 is 18.3 Å². The van der Waals surface area contributed by atoms with Crippen LogP contribution in [0, 0.1) is 12.7 Å². The summed E-state index contributed by atoms with van der Waals surface area (Å²) in [5.74, 6) is -0.356. The second kappa shape index (κ2) is 10.2. The molecule has 0 radical (unpaired) electrons. The van der Waals surface area contributed by atoms with Crippen LogP contribution in [-0.2, 0) is 4.84 Å². The van der Waals surface area contributed by atoms with Crippen molar-refractivity contribution >= 4 is 22.9 Å². The maximum atomic E-state index is 14.3. The zero-order valence-corrected chi connectivity index (χ0v) is 17.5. The SMILES string of the molecule is CC.Cc1ccc(Nc2c(C(=O)NOC3CCNCC3)cc3ccncn23)c(F)c1.[HH].[HH].[HH]. The largest absolute Gasteiger partial charge is 0.338 e. The van der Waals surface area contributed by atoms with E-state index in [-0.39, 0.29) is 16.1 Å². The van der Waals surface area contributed by atoms with E-state index >= 15 is 0 Å². The number of rotatable bonds is 5. The minimum Gasteiger partial charge on any atom is -0.338 e. The van der Waals surface area contributed by atoms with E-state index in [9.17, 15) is 9.18 Å². The van der Waals surface area contributed by atoms with E-state index in [1.807, 2.05) is 20.8 Å². The number of aryl methyl sites for hydroxylation is 1. The molecule has 1 saturated heterocycles. The van der Waals surface area contributed by atoms with Crippen LogP contribution in [0.3, 0.4) is 0 Å². The molecule has 0 bridgehead atoms. The number of nitrogens with zero attached hydrogens (tertiary/aromatic N) is 2. The molecule has 7 nitrogen and oxygen atoms in total. The minimum absolute atomic E-state index is 0. The number of halogens is 1. The number of hydrogen-bond acceptors (Lipinski definition) is 5. The Morgan fingerprint density at radius 3 is 2.77 bits per heavy atom. The average molecular weight is 420 g/mol. The maximum absolute atomic E-state index is 14.3. The highest BCUT2D eigenvalue weighted by atomic mass is 19.1. The molecule has 0 aliphatic carbocycles. The van der Waals surface area contributed by atoms with E-state index in [0.717, 1.165) is 37.0 Å². The summed E-state index contributed by atoms with van der Waals surface area (Å²) in [5, 5.41) is 6.28. The second-order valence-electron chi connectivity index (χ2n) is 6.89. The number of anilines is 2. The van der Waals surface area contributed by atoms with E-state index in [1.54, 1.807) is 41.2 Å². The molecule has 3 aromatic rings. The van der Waals surface area contributed by atoms with Gasteiger partial charge in [0, 0.05) is 10.5 Å². The van der Waals surface area contributed by atoms with Gasteiger partial charge in [-0.25, -0.2) is 14.9 Å². The van der Waals surface area contributed by atoms with Crippen LogP contribution in [0.2, 0.25) is 0 Å². The Labute approximate surface area is 180 Å². The van der Waals surface area contributed by atoms with Crippen molar-refractivity contribution in [3.05, 3.63) is 59.8 Å². The lowest BCUT2D eigenvalue weighted by molar-refractivity contribution is -0.0282. The smallest absolute Gasteiger partial charge is 0.278 e. The summed E-state index contributed by atoms with van der Waals surface area (Å²) in [6.07, 6.45) is 4.87. The first kappa shape index (κ1) is 21.7. The number of hydroxylamine groups is 1. The molecule has 1 amide bonds. The first-order chi connectivity index (χ1) is 14.6. The summed E-state index contributed by atoms with van der Waals surface area (Å²) in [6.45, 7) is 7.55. The van der Waals surface area contributed by atoms with Crippen molar-refractivity contribution in [3.63, 3.8) is 0 Å². The average Bonchev–Trinajstić information content (AvgIpc) is 3.15. The number of amides is 1. The standard InChI is InChI=1S/C20H22FN5O2.C2H6.3H2/c1-13-2-3-18(17(21)10-13)24-19-16(11-14-4-7-23-12-26(14)19)20(27)25-28-15-5-8-22-9-6-15;1-2;;;/h2-4,7,10-12,15,22,24H,5-6,8-9H2,1H3,(H,25,27);1-2H3;3*1H. The second-order valence-corrected chi connectivity index (χ2v) is 6.89. The number of carbonyl (C=O) groups excluding carboxylic acids is 1. The van der Waals surface area contributed by atoms with Gasteiger partial charge < -0.3 is 10.6 Å². The van der Waals surface area contributed by atoms with Crippen LogP contribution in [0.25, 0.3) is 5.52 Å². The van der Waals surface area contributed by atoms with Gasteiger partial charge in [0.15, 0.2) is 0 Å². The molecule has 166 valence electrons. The predicted molar refractivity (Wildman–Crippen MR) is 122 cm³/mol. The van der Waals surface area contributed by atoms with Crippen molar-refractivity contribution in [3.8, 4) is 0 Å². The monoisotopic (exact) mass is 419 g/mol. The molecule has 1 aliphatic rings. The fourth-order valence-corrected chi connectivity index (χ4v) is 3.28. The lowest BCUT2D eigenvalue weighted by Gasteiger charge is -2.22. The van der Waals surface area contributed by atoms with Gasteiger partial charge in [-0.05, 0) is 62.7 Å². The summed E-state index contributed by atoms with van der Waals surface area (Å²) in [5.41, 5.74) is 4.75. The number of nitrogens with one attached hydrogen (secondary N) is 3. The van der Waals surface area contributed by atoms with Crippen LogP contribution in [0.4, 0.5) is 15.9 Å². The van der Waals surface area contributed by atoms with Crippen LogP contribution >= 0.6 is 0 Å². The van der Waals surface area contributed by atoms with Gasteiger partial charge in [-0.3, -0.25) is 14.0 Å². The van der Waals surface area contributed by atoms with Crippen LogP contribution < -0.4 is 16.1 Å². The lowest BCUT2D eigenvalue weighted by Crippen LogP contribution is -2.37. The van der Waals surface area contributed by atoms with Gasteiger partial charge in [0.1, 0.15) is 18.0 Å². The quantitative estimate of drug-likeness (QED) is 0.522. The van der Waals surface area contributed by atoms with Crippen molar-refractivity contribution in [2.45, 2.75) is 39.7 Å². The Hall–Kier alpha value is -2.97. The third-order valence-electron chi connectivity index (χ3n) is 4.81. The number of benzene rings is 1. The maximum Gasteiger partial charge on any atom is 0.278 e. The van der Waals surface area contributed by atoms with Gasteiger partial charge in [-0.15, -0.1) is 0 Å². The highest BCUT2D eigenvalue weighted by Gasteiger charge is 2.21. The zero-order valence-electron chi connectivity index (χ0n) is 17.5. The Kier molecular flexibility index (Phi) is 7.37. The molecule has 1 fully saturated rings. The van der Waals surface area contributed by atoms with Crippen molar-refractivity contribution in [1.29, 1.82) is 0 Å². The number of hydrogen-bond donors (Lipinski definition) is 3. The Bertz CT molecular complexity index is 1010. The van der Waals surface area contributed by atoms with Crippen LogP contribution in [0.1, 0.15) is 46.9 Å². The Morgan fingerprint density at radius 2 is 2.03 bits per heavy atom. The van der Waals surface area contributed by atoms with Crippen molar-refractivity contribution in [2.75, 3.05) is 18.4 Å². The van der Waals surface area contributed by atoms with Crippen molar-refractivity contribution in [1.82, 2.24) is 20.2 Å². The molecular formula is C22H34FN5O2. The van der Waals surface area contributed by atoms with E-state index in [4.69, 9.17) is 4.84 Å². The van der Waals surface area contributed by atoms with E-state index < -0.39 is 11.7 Å². The molecule has 0 unspecified atom stereocenters. The van der Waals surface area contributed by atoms with Gasteiger partial charge >= 0.3 is 0 Å². The fraction of sp³-hybridized carbons (Fsp3) is 0.364. The lowest BCUT2D eigenvalue weighted by atomic mass is 10.1. The molecule has 0 spiro atoms. The van der Waals surface area contributed by atoms with Gasteiger partial charge in [0.2, 0.25) is 0 Å². The van der Waals surface area contributed by atoms with Crippen LogP contribution in [0.15, 0.2) is 42.9 Å². The molecule has 0 saturated carbocycles. The Balaban J connectivity index is 0.00000199. The molecule has 30 heavy (non-hydrogen) atoms. The number of aromatic nitrogens is 2. The predicted octanol–water partition coefficient (Wildman–Crippen LogP) is 4.70. The number of fused-ring (bicyclic) bond motifs is 1. The highest BCUT2D eigenvalue weighted by molar-refractivity contribution is 6.01. The van der Waals surface area contributed by atoms with E-state index in [1.165, 1.54) is 6.07 Å². The molecule has 1 aromatic carbocycles. The third-order valence-corrected chi connectivity index (χ3v) is 4.81. The zero-order chi connectivity index (χ0) is 21.5. The topological polar surface area (TPSA) is 79.7 Å². The Morgan fingerprint density at radius 1 is 1.27 bits per heavy atom. The third kappa shape index (κ3) is 4.95. The fourth-order valence-electron chi connectivity index (χ4n) is 3.28. The molecule has 2 aromatic heterocycles. The summed E-state index contributed by atoms with van der Waals surface area (Å²) >= 11 is 0. The minimum atomic E-state index is -0.392. The molecule has 0 atom stereocenters.